The van der Waals surface area contributed by atoms with E-state index in [9.17, 15) is 0 Å². The lowest BCUT2D eigenvalue weighted by Crippen LogP contribution is -2.21. The first-order chi connectivity index (χ1) is 7.83. The molecule has 0 aliphatic heterocycles. The smallest absolute Gasteiger partial charge is 0.0674 e. The molecule has 0 aliphatic carbocycles. The molecule has 2 aromatic rings. The highest BCUT2D eigenvalue weighted by Gasteiger charge is 2.15. The summed E-state index contributed by atoms with van der Waals surface area (Å²) in [5, 5.41) is 5.65. The fraction of sp³-hybridized carbons (Fsp3) is 0.308. The van der Waals surface area contributed by atoms with Crippen molar-refractivity contribution in [2.75, 3.05) is 6.54 Å². The Morgan fingerprint density at radius 1 is 1.44 bits per heavy atom. The van der Waals surface area contributed by atoms with Gasteiger partial charge in [0.1, 0.15) is 0 Å². The van der Waals surface area contributed by atoms with Gasteiger partial charge in [0.25, 0.3) is 0 Å². The Balaban J connectivity index is 2.37. The van der Waals surface area contributed by atoms with Gasteiger partial charge in [0, 0.05) is 17.3 Å². The maximum Gasteiger partial charge on any atom is 0.0674 e. The summed E-state index contributed by atoms with van der Waals surface area (Å²) < 4.78 is 0. The van der Waals surface area contributed by atoms with Crippen molar-refractivity contribution >= 4 is 11.3 Å². The molecular weight excluding hydrogens is 216 g/mol. The van der Waals surface area contributed by atoms with Crippen molar-refractivity contribution < 1.29 is 0 Å². The number of rotatable bonds is 4. The Kier molecular flexibility index (Phi) is 3.70. The van der Waals surface area contributed by atoms with Gasteiger partial charge in [0.15, 0.2) is 0 Å². The zero-order valence-electron chi connectivity index (χ0n) is 9.60. The Labute approximate surface area is 100 Å². The molecule has 2 nitrogen and oxygen atoms in total. The molecule has 0 saturated heterocycles. The summed E-state index contributed by atoms with van der Waals surface area (Å²) in [7, 11) is 0. The lowest BCUT2D eigenvalue weighted by Gasteiger charge is -2.18. The molecular formula is C13H16N2S. The van der Waals surface area contributed by atoms with Crippen LogP contribution in [0.5, 0.6) is 0 Å². The second-order valence-corrected chi connectivity index (χ2v) is 4.72. The van der Waals surface area contributed by atoms with Crippen molar-refractivity contribution in [2.45, 2.75) is 19.9 Å². The van der Waals surface area contributed by atoms with Gasteiger partial charge in [-0.15, -0.1) is 11.3 Å². The number of pyridine rings is 1. The summed E-state index contributed by atoms with van der Waals surface area (Å²) in [5.41, 5.74) is 2.56. The molecule has 0 aromatic carbocycles. The largest absolute Gasteiger partial charge is 0.306 e. The van der Waals surface area contributed by atoms with Gasteiger partial charge in [0.2, 0.25) is 0 Å². The maximum atomic E-state index is 4.14. The molecule has 0 spiro atoms. The zero-order valence-corrected chi connectivity index (χ0v) is 10.4. The number of aromatic nitrogens is 1. The van der Waals surface area contributed by atoms with Crippen molar-refractivity contribution in [2.24, 2.45) is 0 Å². The Hall–Kier alpha value is -1.19. The summed E-state index contributed by atoms with van der Waals surface area (Å²) in [4.78, 5) is 5.50. The molecule has 2 aromatic heterocycles. The number of aryl methyl sites for hydroxylation is 1. The molecule has 0 bridgehead atoms. The van der Waals surface area contributed by atoms with Crippen LogP contribution in [0.25, 0.3) is 0 Å². The maximum absolute atomic E-state index is 4.14. The van der Waals surface area contributed by atoms with E-state index in [0.717, 1.165) is 6.54 Å². The van der Waals surface area contributed by atoms with Crippen molar-refractivity contribution in [1.29, 1.82) is 0 Å². The number of nitrogens with zero attached hydrogens (tertiary/aromatic N) is 1. The second kappa shape index (κ2) is 5.23. The Bertz CT molecular complexity index is 437. The van der Waals surface area contributed by atoms with E-state index in [1.165, 1.54) is 16.0 Å². The predicted molar refractivity (Wildman–Crippen MR) is 68.8 cm³/mol. The van der Waals surface area contributed by atoms with Gasteiger partial charge in [-0.3, -0.25) is 4.98 Å². The minimum absolute atomic E-state index is 0.299. The average molecular weight is 232 g/mol. The van der Waals surface area contributed by atoms with Crippen LogP contribution in [0.4, 0.5) is 0 Å². The van der Waals surface area contributed by atoms with E-state index in [4.69, 9.17) is 0 Å². The molecule has 16 heavy (non-hydrogen) atoms. The highest BCUT2D eigenvalue weighted by molar-refractivity contribution is 7.10. The molecule has 2 heterocycles. The summed E-state index contributed by atoms with van der Waals surface area (Å²) in [6, 6.07) is 6.68. The molecule has 0 fully saturated rings. The molecule has 1 unspecified atom stereocenters. The molecule has 1 N–H and O–H groups in total. The van der Waals surface area contributed by atoms with Gasteiger partial charge >= 0.3 is 0 Å². The third-order valence-electron chi connectivity index (χ3n) is 2.61. The van der Waals surface area contributed by atoms with Crippen molar-refractivity contribution in [3.8, 4) is 0 Å². The molecule has 1 atom stereocenters. The Morgan fingerprint density at radius 2 is 2.31 bits per heavy atom. The standard InChI is InChI=1S/C13H16N2S/c1-3-15-13(12-5-4-8-16-12)11-6-7-14-9-10(11)2/h4-9,13,15H,3H2,1-2H3. The number of nitrogens with one attached hydrogen (secondary N) is 1. The van der Waals surface area contributed by atoms with E-state index in [1.54, 1.807) is 11.3 Å². The summed E-state index contributed by atoms with van der Waals surface area (Å²) >= 11 is 1.79. The fourth-order valence-electron chi connectivity index (χ4n) is 1.83. The van der Waals surface area contributed by atoms with E-state index in [2.05, 4.69) is 47.7 Å². The molecule has 84 valence electrons. The third kappa shape index (κ3) is 2.31. The molecule has 3 heteroatoms. The van der Waals surface area contributed by atoms with Crippen LogP contribution < -0.4 is 5.32 Å². The van der Waals surface area contributed by atoms with Crippen LogP contribution in [0.15, 0.2) is 36.0 Å². The lowest BCUT2D eigenvalue weighted by molar-refractivity contribution is 0.636. The molecule has 2 rings (SSSR count). The van der Waals surface area contributed by atoms with Crippen molar-refractivity contribution in [3.63, 3.8) is 0 Å². The van der Waals surface area contributed by atoms with Crippen molar-refractivity contribution in [3.05, 3.63) is 52.0 Å². The second-order valence-electron chi connectivity index (χ2n) is 3.74. The summed E-state index contributed by atoms with van der Waals surface area (Å²) in [6.07, 6.45) is 3.79. The van der Waals surface area contributed by atoms with Gasteiger partial charge in [-0.2, -0.15) is 0 Å². The topological polar surface area (TPSA) is 24.9 Å². The highest BCUT2D eigenvalue weighted by atomic mass is 32.1. The van der Waals surface area contributed by atoms with Gasteiger partial charge in [-0.25, -0.2) is 0 Å². The van der Waals surface area contributed by atoms with Crippen LogP contribution in [0.2, 0.25) is 0 Å². The third-order valence-corrected chi connectivity index (χ3v) is 3.55. The lowest BCUT2D eigenvalue weighted by atomic mass is 10.0. The van der Waals surface area contributed by atoms with E-state index in [-0.39, 0.29) is 0 Å². The minimum atomic E-state index is 0.299. The minimum Gasteiger partial charge on any atom is -0.306 e. The van der Waals surface area contributed by atoms with E-state index in [0.29, 0.717) is 6.04 Å². The van der Waals surface area contributed by atoms with Crippen LogP contribution in [0.3, 0.4) is 0 Å². The first-order valence-electron chi connectivity index (χ1n) is 5.50. The molecule has 0 radical (unpaired) electrons. The van der Waals surface area contributed by atoms with Crippen LogP contribution in [0.1, 0.15) is 29.0 Å². The first-order valence-corrected chi connectivity index (χ1v) is 6.38. The SMILES string of the molecule is CCNC(c1cccs1)c1ccncc1C. The fourth-order valence-corrected chi connectivity index (χ4v) is 2.65. The highest BCUT2D eigenvalue weighted by Crippen LogP contribution is 2.27. The van der Waals surface area contributed by atoms with Crippen LogP contribution in [-0.4, -0.2) is 11.5 Å². The van der Waals surface area contributed by atoms with Crippen LogP contribution in [0, 0.1) is 6.92 Å². The van der Waals surface area contributed by atoms with Gasteiger partial charge < -0.3 is 5.32 Å². The average Bonchev–Trinajstić information content (AvgIpc) is 2.80. The van der Waals surface area contributed by atoms with E-state index >= 15 is 0 Å². The summed E-state index contributed by atoms with van der Waals surface area (Å²) in [6.45, 7) is 5.21. The molecule has 0 saturated carbocycles. The van der Waals surface area contributed by atoms with E-state index in [1.807, 2.05) is 12.4 Å². The quantitative estimate of drug-likeness (QED) is 0.876. The number of hydrogen-bond donors (Lipinski definition) is 1. The first kappa shape index (κ1) is 11.3. The van der Waals surface area contributed by atoms with Gasteiger partial charge in [-0.1, -0.05) is 13.0 Å². The predicted octanol–water partition coefficient (Wildman–Crippen LogP) is 3.15. The summed E-state index contributed by atoms with van der Waals surface area (Å²) in [5.74, 6) is 0. The Morgan fingerprint density at radius 3 is 2.94 bits per heavy atom. The van der Waals surface area contributed by atoms with Gasteiger partial charge in [-0.05, 0) is 42.1 Å². The molecule has 0 aliphatic rings. The molecule has 0 amide bonds. The number of thiophene rings is 1. The van der Waals surface area contributed by atoms with Gasteiger partial charge in [0.05, 0.1) is 6.04 Å². The monoisotopic (exact) mass is 232 g/mol. The normalized spacial score (nSPS) is 12.6. The number of hydrogen-bond acceptors (Lipinski definition) is 3. The van der Waals surface area contributed by atoms with Crippen LogP contribution in [-0.2, 0) is 0 Å². The zero-order chi connectivity index (χ0) is 11.4. The van der Waals surface area contributed by atoms with Crippen molar-refractivity contribution in [1.82, 2.24) is 10.3 Å². The van der Waals surface area contributed by atoms with E-state index < -0.39 is 0 Å². The van der Waals surface area contributed by atoms with Crippen LogP contribution >= 0.6 is 11.3 Å².